The van der Waals surface area contributed by atoms with E-state index in [-0.39, 0.29) is 4.90 Å². The molecule has 0 spiro atoms. The largest absolute Gasteiger partial charge is 0.371 e. The molecule has 0 N–H and O–H groups in total. The molecule has 2 fully saturated rings. The van der Waals surface area contributed by atoms with E-state index < -0.39 is 10.0 Å². The molecule has 2 aliphatic rings. The zero-order valence-electron chi connectivity index (χ0n) is 15.4. The fourth-order valence-corrected chi connectivity index (χ4v) is 6.23. The molecule has 8 heteroatoms. The van der Waals surface area contributed by atoms with Gasteiger partial charge >= 0.3 is 0 Å². The number of halogens is 1. The van der Waals surface area contributed by atoms with Crippen LogP contribution in [0.15, 0.2) is 47.6 Å². The summed E-state index contributed by atoms with van der Waals surface area (Å²) in [7, 11) is -3.69. The van der Waals surface area contributed by atoms with Gasteiger partial charge in [0, 0.05) is 28.2 Å². The molecule has 2 atom stereocenters. The minimum absolute atomic E-state index is 0.266. The number of morpholine rings is 1. The number of anilines is 1. The molecule has 6 nitrogen and oxygen atoms in total. The highest BCUT2D eigenvalue weighted by molar-refractivity contribution is 14.1. The fraction of sp³-hybridized carbons (Fsp3) is 0.350. The molecule has 0 saturated carbocycles. The van der Waals surface area contributed by atoms with Crippen molar-refractivity contribution in [2.24, 2.45) is 0 Å². The van der Waals surface area contributed by atoms with Gasteiger partial charge in [0.1, 0.15) is 0 Å². The first-order valence-electron chi connectivity index (χ1n) is 9.31. The molecule has 2 aromatic heterocycles. The Morgan fingerprint density at radius 3 is 2.50 bits per heavy atom. The van der Waals surface area contributed by atoms with Crippen LogP contribution in [0.1, 0.15) is 18.4 Å². The maximum atomic E-state index is 13.1. The summed E-state index contributed by atoms with van der Waals surface area (Å²) in [4.78, 5) is 7.12. The third-order valence-corrected chi connectivity index (χ3v) is 8.06. The lowest BCUT2D eigenvalue weighted by Gasteiger charge is -2.33. The number of aromatic nitrogens is 2. The highest BCUT2D eigenvalue weighted by atomic mass is 127. The summed E-state index contributed by atoms with van der Waals surface area (Å²) < 4.78 is 34.4. The number of pyridine rings is 1. The lowest BCUT2D eigenvalue weighted by molar-refractivity contribution is 0.0305. The minimum Gasteiger partial charge on any atom is -0.371 e. The first-order chi connectivity index (χ1) is 13.4. The van der Waals surface area contributed by atoms with Gasteiger partial charge in [0.25, 0.3) is 10.0 Å². The molecular formula is C20H20IN3O3S. The van der Waals surface area contributed by atoms with Gasteiger partial charge in [-0.25, -0.2) is 17.4 Å². The summed E-state index contributed by atoms with van der Waals surface area (Å²) in [5.41, 5.74) is 2.51. The highest BCUT2D eigenvalue weighted by Gasteiger charge is 2.34. The van der Waals surface area contributed by atoms with Crippen LogP contribution in [0.5, 0.6) is 0 Å². The Hall–Kier alpha value is -1.65. The summed E-state index contributed by atoms with van der Waals surface area (Å²) in [5, 5.41) is 0.854. The molecular weight excluding hydrogens is 489 g/mol. The van der Waals surface area contributed by atoms with E-state index >= 15 is 0 Å². The average molecular weight is 509 g/mol. The van der Waals surface area contributed by atoms with Crippen molar-refractivity contribution in [2.45, 2.75) is 36.9 Å². The standard InChI is InChI=1S/C20H20IN3O3S/c1-13-2-6-17(7-3-13)28(25,26)24-12-19(21)18-8-14(9-22-20(18)24)23-10-15-4-5-16(11-23)27-15/h2-3,6-9,12,15-16H,4-5,10-11H2,1H3. The molecule has 1 aromatic carbocycles. The molecule has 2 saturated heterocycles. The van der Waals surface area contributed by atoms with Crippen LogP contribution in [0.3, 0.4) is 0 Å². The van der Waals surface area contributed by atoms with Crippen LogP contribution in [0.2, 0.25) is 0 Å². The smallest absolute Gasteiger partial charge is 0.269 e. The molecule has 0 aliphatic carbocycles. The molecule has 5 rings (SSSR count). The summed E-state index contributed by atoms with van der Waals surface area (Å²) >= 11 is 2.18. The number of hydrogen-bond donors (Lipinski definition) is 0. The van der Waals surface area contributed by atoms with Crippen molar-refractivity contribution < 1.29 is 13.2 Å². The van der Waals surface area contributed by atoms with E-state index in [1.54, 1.807) is 24.5 Å². The molecule has 146 valence electrons. The molecule has 4 heterocycles. The predicted octanol–water partition coefficient (Wildman–Crippen LogP) is 3.55. The van der Waals surface area contributed by atoms with Crippen LogP contribution < -0.4 is 4.90 Å². The maximum absolute atomic E-state index is 13.1. The van der Waals surface area contributed by atoms with Gasteiger partial charge < -0.3 is 9.64 Å². The van der Waals surface area contributed by atoms with Gasteiger partial charge in [-0.2, -0.15) is 0 Å². The van der Waals surface area contributed by atoms with E-state index in [0.29, 0.717) is 17.9 Å². The van der Waals surface area contributed by atoms with E-state index in [1.165, 1.54) is 3.97 Å². The molecule has 2 bridgehead atoms. The van der Waals surface area contributed by atoms with Crippen LogP contribution in [-0.2, 0) is 14.8 Å². The van der Waals surface area contributed by atoms with Crippen LogP contribution in [0.4, 0.5) is 5.69 Å². The number of rotatable bonds is 3. The lowest BCUT2D eigenvalue weighted by atomic mass is 10.2. The van der Waals surface area contributed by atoms with E-state index in [9.17, 15) is 8.42 Å². The van der Waals surface area contributed by atoms with Crippen molar-refractivity contribution in [2.75, 3.05) is 18.0 Å². The van der Waals surface area contributed by atoms with E-state index in [1.807, 2.05) is 19.1 Å². The zero-order valence-corrected chi connectivity index (χ0v) is 18.4. The fourth-order valence-electron chi connectivity index (χ4n) is 4.04. The van der Waals surface area contributed by atoms with Gasteiger partial charge in [-0.05, 0) is 60.6 Å². The topological polar surface area (TPSA) is 64.4 Å². The number of fused-ring (bicyclic) bond motifs is 3. The second-order valence-corrected chi connectivity index (χ2v) is 10.5. The summed E-state index contributed by atoms with van der Waals surface area (Å²) in [6.07, 6.45) is 6.24. The normalized spacial score (nSPS) is 22.1. The Morgan fingerprint density at radius 2 is 1.82 bits per heavy atom. The molecule has 0 radical (unpaired) electrons. The third kappa shape index (κ3) is 3.02. The number of hydrogen-bond acceptors (Lipinski definition) is 5. The summed E-state index contributed by atoms with van der Waals surface area (Å²) in [6.45, 7) is 3.66. The molecule has 0 amide bonds. The minimum atomic E-state index is -3.69. The van der Waals surface area contributed by atoms with Crippen LogP contribution >= 0.6 is 22.6 Å². The van der Waals surface area contributed by atoms with Gasteiger partial charge in [0.15, 0.2) is 5.65 Å². The monoisotopic (exact) mass is 509 g/mol. The van der Waals surface area contributed by atoms with Crippen molar-refractivity contribution >= 4 is 49.3 Å². The Morgan fingerprint density at radius 1 is 1.14 bits per heavy atom. The zero-order chi connectivity index (χ0) is 19.5. The van der Waals surface area contributed by atoms with E-state index in [2.05, 4.69) is 38.5 Å². The number of benzene rings is 1. The molecule has 3 aromatic rings. The van der Waals surface area contributed by atoms with Crippen LogP contribution in [0.25, 0.3) is 11.0 Å². The highest BCUT2D eigenvalue weighted by Crippen LogP contribution is 2.33. The third-order valence-electron chi connectivity index (χ3n) is 5.54. The summed E-state index contributed by atoms with van der Waals surface area (Å²) in [5.74, 6) is 0. The van der Waals surface area contributed by atoms with Gasteiger partial charge in [-0.1, -0.05) is 17.7 Å². The van der Waals surface area contributed by atoms with Crippen molar-refractivity contribution in [3.8, 4) is 0 Å². The number of nitrogens with zero attached hydrogens (tertiary/aromatic N) is 3. The van der Waals surface area contributed by atoms with E-state index in [0.717, 1.165) is 46.1 Å². The van der Waals surface area contributed by atoms with Crippen LogP contribution in [0, 0.1) is 10.5 Å². The van der Waals surface area contributed by atoms with Crippen molar-refractivity contribution in [3.63, 3.8) is 0 Å². The molecule has 28 heavy (non-hydrogen) atoms. The van der Waals surface area contributed by atoms with Gasteiger partial charge in [-0.3, -0.25) is 0 Å². The molecule has 2 unspecified atom stereocenters. The average Bonchev–Trinajstić information content (AvgIpc) is 3.21. The van der Waals surface area contributed by atoms with Crippen molar-refractivity contribution in [1.82, 2.24) is 8.96 Å². The molecule has 2 aliphatic heterocycles. The van der Waals surface area contributed by atoms with E-state index in [4.69, 9.17) is 4.74 Å². The Balaban J connectivity index is 1.56. The van der Waals surface area contributed by atoms with Gasteiger partial charge in [0.2, 0.25) is 0 Å². The van der Waals surface area contributed by atoms with Gasteiger partial charge in [0.05, 0.1) is 29.0 Å². The van der Waals surface area contributed by atoms with Gasteiger partial charge in [-0.15, -0.1) is 0 Å². The quantitative estimate of drug-likeness (QED) is 0.506. The summed E-state index contributed by atoms with van der Waals surface area (Å²) in [6, 6.07) is 8.95. The number of aryl methyl sites for hydroxylation is 1. The second kappa shape index (κ2) is 6.70. The van der Waals surface area contributed by atoms with Crippen LogP contribution in [-0.4, -0.2) is 42.7 Å². The lowest BCUT2D eigenvalue weighted by Crippen LogP contribution is -2.42. The number of ether oxygens (including phenoxy) is 1. The predicted molar refractivity (Wildman–Crippen MR) is 116 cm³/mol. The maximum Gasteiger partial charge on any atom is 0.269 e. The van der Waals surface area contributed by atoms with Crippen molar-refractivity contribution in [3.05, 3.63) is 51.9 Å². The van der Waals surface area contributed by atoms with Crippen molar-refractivity contribution in [1.29, 1.82) is 0 Å². The second-order valence-electron chi connectivity index (χ2n) is 7.52. The Kier molecular flexibility index (Phi) is 4.40. The Bertz CT molecular complexity index is 1150. The SMILES string of the molecule is Cc1ccc(S(=O)(=O)n2cc(I)c3cc(N4CC5CCC(C4)O5)cnc32)cc1. The Labute approximate surface area is 177 Å². The first kappa shape index (κ1) is 18.4. The first-order valence-corrected chi connectivity index (χ1v) is 11.8.